The van der Waals surface area contributed by atoms with Gasteiger partial charge in [-0.15, -0.1) is 0 Å². The number of imide groups is 1. The average molecular weight is 222 g/mol. The number of carbonyl (C=O) groups excluding carboxylic acids is 2. The summed E-state index contributed by atoms with van der Waals surface area (Å²) in [5.74, 6) is -0.677. The minimum atomic E-state index is -0.838. The van der Waals surface area contributed by atoms with Crippen LogP contribution >= 0.6 is 0 Å². The number of aliphatic hydroxyl groups is 1. The summed E-state index contributed by atoms with van der Waals surface area (Å²) in [7, 11) is 0. The molecular weight excluding hydrogens is 208 g/mol. The molecule has 0 radical (unpaired) electrons. The Labute approximate surface area is 93.5 Å². The lowest BCUT2D eigenvalue weighted by Gasteiger charge is -2.16. The van der Waals surface area contributed by atoms with Gasteiger partial charge in [-0.25, -0.2) is 4.79 Å². The minimum Gasteiger partial charge on any atom is -0.387 e. The summed E-state index contributed by atoms with van der Waals surface area (Å²) in [6.07, 6.45) is 0.523. The number of nitrogens with zero attached hydrogens (tertiary/aromatic N) is 1. The van der Waals surface area contributed by atoms with Crippen molar-refractivity contribution in [3.8, 4) is 0 Å². The number of primary amides is 1. The Hall–Kier alpha value is -1.88. The van der Waals surface area contributed by atoms with E-state index in [1.807, 2.05) is 30.3 Å². The lowest BCUT2D eigenvalue weighted by Crippen LogP contribution is -2.43. The van der Waals surface area contributed by atoms with Gasteiger partial charge in [-0.1, -0.05) is 30.3 Å². The summed E-state index contributed by atoms with van der Waals surface area (Å²) < 4.78 is 0. The van der Waals surface area contributed by atoms with Crippen molar-refractivity contribution in [2.24, 2.45) is 5.73 Å². The molecule has 0 aliphatic rings. The third kappa shape index (κ3) is 3.36. The van der Waals surface area contributed by atoms with Gasteiger partial charge < -0.3 is 10.8 Å². The van der Waals surface area contributed by atoms with E-state index in [1.165, 1.54) is 0 Å². The van der Waals surface area contributed by atoms with Gasteiger partial charge in [0.05, 0.1) is 0 Å². The highest BCUT2D eigenvalue weighted by Gasteiger charge is 2.17. The van der Waals surface area contributed by atoms with E-state index in [0.29, 0.717) is 6.42 Å². The molecule has 3 N–H and O–H groups in total. The molecule has 3 amide bonds. The second-order valence-corrected chi connectivity index (χ2v) is 3.28. The molecular formula is C11H14N2O3. The molecule has 5 heteroatoms. The van der Waals surface area contributed by atoms with Crippen LogP contribution in [0.1, 0.15) is 5.56 Å². The Kier molecular flexibility index (Phi) is 4.47. The van der Waals surface area contributed by atoms with E-state index in [4.69, 9.17) is 10.8 Å². The largest absolute Gasteiger partial charge is 0.387 e. The van der Waals surface area contributed by atoms with Crippen LogP contribution in [0.3, 0.4) is 0 Å². The van der Waals surface area contributed by atoms with E-state index in [-0.39, 0.29) is 6.54 Å². The SMILES string of the molecule is NC(=O)N(CCc1ccccc1)C(=O)CO. The van der Waals surface area contributed by atoms with Crippen LogP contribution in [-0.4, -0.2) is 35.1 Å². The molecule has 0 atom stereocenters. The third-order valence-corrected chi connectivity index (χ3v) is 2.17. The summed E-state index contributed by atoms with van der Waals surface area (Å²) in [5, 5.41) is 8.65. The number of nitrogens with two attached hydrogens (primary N) is 1. The second-order valence-electron chi connectivity index (χ2n) is 3.28. The minimum absolute atomic E-state index is 0.179. The number of carbonyl (C=O) groups is 2. The summed E-state index contributed by atoms with van der Waals surface area (Å²) in [6, 6.07) is 8.57. The number of hydrogen-bond donors (Lipinski definition) is 2. The number of urea groups is 1. The standard InChI is InChI=1S/C11H14N2O3/c12-11(16)13(10(15)8-14)7-6-9-4-2-1-3-5-9/h1-5,14H,6-8H2,(H2,12,16). The first kappa shape index (κ1) is 12.2. The fraction of sp³-hybridized carbons (Fsp3) is 0.273. The number of hydrogen-bond acceptors (Lipinski definition) is 3. The highest BCUT2D eigenvalue weighted by atomic mass is 16.3. The summed E-state index contributed by atoms with van der Waals surface area (Å²) in [5.41, 5.74) is 6.03. The van der Waals surface area contributed by atoms with Gasteiger partial charge in [0.1, 0.15) is 6.61 Å². The fourth-order valence-electron chi connectivity index (χ4n) is 1.33. The van der Waals surface area contributed by atoms with Gasteiger partial charge in [-0.3, -0.25) is 9.69 Å². The van der Waals surface area contributed by atoms with Crippen molar-refractivity contribution in [1.82, 2.24) is 4.90 Å². The molecule has 1 aromatic rings. The van der Waals surface area contributed by atoms with Crippen LogP contribution < -0.4 is 5.73 Å². The number of rotatable bonds is 4. The Balaban J connectivity index is 2.57. The highest BCUT2D eigenvalue weighted by Crippen LogP contribution is 2.01. The number of aliphatic hydroxyl groups excluding tert-OH is 1. The maximum absolute atomic E-state index is 11.1. The zero-order valence-electron chi connectivity index (χ0n) is 8.80. The van der Waals surface area contributed by atoms with Crippen molar-refractivity contribution in [3.05, 3.63) is 35.9 Å². The Morgan fingerprint density at radius 2 is 1.88 bits per heavy atom. The van der Waals surface area contributed by atoms with Crippen molar-refractivity contribution in [1.29, 1.82) is 0 Å². The molecule has 0 saturated heterocycles. The van der Waals surface area contributed by atoms with Gasteiger partial charge in [0.25, 0.3) is 5.91 Å². The topological polar surface area (TPSA) is 83.6 Å². The second kappa shape index (κ2) is 5.87. The lowest BCUT2D eigenvalue weighted by atomic mass is 10.1. The molecule has 0 fully saturated rings. The van der Waals surface area contributed by atoms with E-state index >= 15 is 0 Å². The van der Waals surface area contributed by atoms with Crippen molar-refractivity contribution in [3.63, 3.8) is 0 Å². The molecule has 16 heavy (non-hydrogen) atoms. The molecule has 0 unspecified atom stereocenters. The van der Waals surface area contributed by atoms with Crippen molar-refractivity contribution < 1.29 is 14.7 Å². The van der Waals surface area contributed by atoms with Gasteiger partial charge in [-0.05, 0) is 12.0 Å². The first-order valence-electron chi connectivity index (χ1n) is 4.89. The van der Waals surface area contributed by atoms with Gasteiger partial charge >= 0.3 is 6.03 Å². The maximum Gasteiger partial charge on any atom is 0.321 e. The first-order chi connectivity index (χ1) is 7.65. The van der Waals surface area contributed by atoms with Crippen molar-refractivity contribution in [2.45, 2.75) is 6.42 Å². The van der Waals surface area contributed by atoms with Gasteiger partial charge in [-0.2, -0.15) is 0 Å². The van der Waals surface area contributed by atoms with Gasteiger partial charge in [0.15, 0.2) is 0 Å². The molecule has 86 valence electrons. The van der Waals surface area contributed by atoms with Crippen LogP contribution in [0.4, 0.5) is 4.79 Å². The van der Waals surface area contributed by atoms with Crippen LogP contribution in [0, 0.1) is 0 Å². The third-order valence-electron chi connectivity index (χ3n) is 2.17. The van der Waals surface area contributed by atoms with Crippen LogP contribution in [-0.2, 0) is 11.2 Å². The Morgan fingerprint density at radius 1 is 1.25 bits per heavy atom. The van der Waals surface area contributed by atoms with E-state index in [2.05, 4.69) is 0 Å². The van der Waals surface area contributed by atoms with E-state index in [1.54, 1.807) is 0 Å². The van der Waals surface area contributed by atoms with Crippen molar-refractivity contribution in [2.75, 3.05) is 13.2 Å². The van der Waals surface area contributed by atoms with Gasteiger partial charge in [0, 0.05) is 6.54 Å². The van der Waals surface area contributed by atoms with Crippen LogP contribution in [0.2, 0.25) is 0 Å². The number of benzene rings is 1. The normalized spacial score (nSPS) is 9.81. The summed E-state index contributed by atoms with van der Waals surface area (Å²) >= 11 is 0. The number of amides is 3. The van der Waals surface area contributed by atoms with Crippen LogP contribution in [0.25, 0.3) is 0 Å². The Bertz CT molecular complexity index is 365. The zero-order chi connectivity index (χ0) is 12.0. The molecule has 0 aliphatic heterocycles. The molecule has 1 aromatic carbocycles. The van der Waals surface area contributed by atoms with E-state index in [0.717, 1.165) is 10.5 Å². The fourth-order valence-corrected chi connectivity index (χ4v) is 1.33. The molecule has 1 rings (SSSR count). The predicted octanol–water partition coefficient (Wildman–Crippen LogP) is 0.129. The lowest BCUT2D eigenvalue weighted by molar-refractivity contribution is -0.131. The van der Waals surface area contributed by atoms with E-state index < -0.39 is 18.5 Å². The zero-order valence-corrected chi connectivity index (χ0v) is 8.80. The maximum atomic E-state index is 11.1. The molecule has 0 aromatic heterocycles. The molecule has 0 spiro atoms. The predicted molar refractivity (Wildman–Crippen MR) is 58.5 cm³/mol. The molecule has 0 bridgehead atoms. The quantitative estimate of drug-likeness (QED) is 0.759. The first-order valence-corrected chi connectivity index (χ1v) is 4.89. The van der Waals surface area contributed by atoms with Gasteiger partial charge in [0.2, 0.25) is 0 Å². The summed E-state index contributed by atoms with van der Waals surface area (Å²) in [4.78, 5) is 22.9. The highest BCUT2D eigenvalue weighted by molar-refractivity contribution is 5.94. The van der Waals surface area contributed by atoms with Crippen molar-refractivity contribution >= 4 is 11.9 Å². The molecule has 0 saturated carbocycles. The molecule has 5 nitrogen and oxygen atoms in total. The molecule has 0 heterocycles. The smallest absolute Gasteiger partial charge is 0.321 e. The van der Waals surface area contributed by atoms with Crippen LogP contribution in [0.15, 0.2) is 30.3 Å². The molecule has 0 aliphatic carbocycles. The summed E-state index contributed by atoms with van der Waals surface area (Å²) in [6.45, 7) is -0.531. The van der Waals surface area contributed by atoms with Crippen LogP contribution in [0.5, 0.6) is 0 Å². The average Bonchev–Trinajstić information content (AvgIpc) is 2.30. The Morgan fingerprint density at radius 3 is 2.38 bits per heavy atom. The van der Waals surface area contributed by atoms with E-state index in [9.17, 15) is 9.59 Å². The monoisotopic (exact) mass is 222 g/mol.